The first-order valence-corrected chi connectivity index (χ1v) is 7.72. The Labute approximate surface area is 123 Å². The highest BCUT2D eigenvalue weighted by molar-refractivity contribution is 7.16. The molecule has 0 saturated heterocycles. The number of hydrogen-bond acceptors (Lipinski definition) is 2. The maximum Gasteiger partial charge on any atom is 0.0412 e. The molecule has 2 aromatic rings. The molecule has 0 aliphatic heterocycles. The summed E-state index contributed by atoms with van der Waals surface area (Å²) in [5, 5.41) is 4.14. The van der Waals surface area contributed by atoms with Crippen molar-refractivity contribution in [2.24, 2.45) is 0 Å². The van der Waals surface area contributed by atoms with E-state index in [2.05, 4.69) is 42.6 Å². The summed E-state index contributed by atoms with van der Waals surface area (Å²) in [6, 6.07) is 12.3. The Morgan fingerprint density at radius 2 is 2.16 bits per heavy atom. The minimum absolute atomic E-state index is 0.784. The number of hydrogen-bond donors (Lipinski definition) is 1. The van der Waals surface area contributed by atoms with Crippen molar-refractivity contribution in [3.05, 3.63) is 52.4 Å². The monoisotopic (exact) mass is 291 g/mol. The third-order valence-electron chi connectivity index (χ3n) is 2.71. The summed E-state index contributed by atoms with van der Waals surface area (Å²) in [5.74, 6) is 0. The number of rotatable bonds is 6. The third-order valence-corrected chi connectivity index (χ3v) is 4.04. The van der Waals surface area contributed by atoms with E-state index in [0.29, 0.717) is 0 Å². The summed E-state index contributed by atoms with van der Waals surface area (Å²) >= 11 is 7.80. The predicted octanol–water partition coefficient (Wildman–Crippen LogP) is 5.08. The molecule has 1 N–H and O–H groups in total. The van der Waals surface area contributed by atoms with Crippen LogP contribution in [0.5, 0.6) is 0 Å². The first-order valence-electron chi connectivity index (χ1n) is 6.52. The summed E-state index contributed by atoms with van der Waals surface area (Å²) in [6.45, 7) is 4.17. The van der Waals surface area contributed by atoms with Crippen LogP contribution in [0, 0.1) is 0 Å². The number of benzene rings is 1. The molecule has 1 aromatic heterocycles. The molecule has 1 heterocycles. The molecule has 0 atom stereocenters. The van der Waals surface area contributed by atoms with Crippen molar-refractivity contribution in [1.29, 1.82) is 0 Å². The Morgan fingerprint density at radius 1 is 1.26 bits per heavy atom. The zero-order valence-corrected chi connectivity index (χ0v) is 12.6. The smallest absolute Gasteiger partial charge is 0.0412 e. The number of nitrogens with one attached hydrogen (secondary N) is 1. The Balaban J connectivity index is 1.99. The Hall–Kier alpha value is -1.09. The molecule has 0 bridgehead atoms. The molecule has 1 aromatic carbocycles. The van der Waals surface area contributed by atoms with E-state index >= 15 is 0 Å². The van der Waals surface area contributed by atoms with Crippen LogP contribution in [-0.4, -0.2) is 13.1 Å². The second kappa shape index (κ2) is 7.49. The average molecular weight is 292 g/mol. The molecule has 2 rings (SSSR count). The fourth-order valence-electron chi connectivity index (χ4n) is 1.78. The molecule has 100 valence electrons. The van der Waals surface area contributed by atoms with Crippen molar-refractivity contribution in [3.63, 3.8) is 0 Å². The molecule has 19 heavy (non-hydrogen) atoms. The lowest BCUT2D eigenvalue weighted by Gasteiger charge is -1.97. The first kappa shape index (κ1) is 14.3. The van der Waals surface area contributed by atoms with Crippen LogP contribution in [0.2, 0.25) is 5.02 Å². The third kappa shape index (κ3) is 4.50. The molecule has 1 nitrogen and oxygen atoms in total. The van der Waals surface area contributed by atoms with E-state index in [9.17, 15) is 0 Å². The number of halogens is 1. The van der Waals surface area contributed by atoms with Gasteiger partial charge in [0.25, 0.3) is 0 Å². The minimum Gasteiger partial charge on any atom is -0.313 e. The van der Waals surface area contributed by atoms with Crippen LogP contribution in [0.15, 0.2) is 42.5 Å². The minimum atomic E-state index is 0.784. The quantitative estimate of drug-likeness (QED) is 0.732. The van der Waals surface area contributed by atoms with E-state index in [1.807, 2.05) is 18.2 Å². The van der Waals surface area contributed by atoms with Gasteiger partial charge in [-0.3, -0.25) is 0 Å². The molecule has 0 amide bonds. The van der Waals surface area contributed by atoms with E-state index in [1.54, 1.807) is 11.3 Å². The van der Waals surface area contributed by atoms with Crippen LogP contribution in [-0.2, 0) is 0 Å². The zero-order valence-electron chi connectivity index (χ0n) is 11.0. The molecular weight excluding hydrogens is 274 g/mol. The summed E-state index contributed by atoms with van der Waals surface area (Å²) in [7, 11) is 0. The van der Waals surface area contributed by atoms with E-state index < -0.39 is 0 Å². The van der Waals surface area contributed by atoms with Crippen molar-refractivity contribution >= 4 is 29.0 Å². The van der Waals surface area contributed by atoms with Gasteiger partial charge in [0.05, 0.1) is 0 Å². The van der Waals surface area contributed by atoms with Crippen LogP contribution >= 0.6 is 22.9 Å². The lowest BCUT2D eigenvalue weighted by molar-refractivity contribution is 0.730. The summed E-state index contributed by atoms with van der Waals surface area (Å²) < 4.78 is 0. The normalized spacial score (nSPS) is 11.3. The molecule has 0 fully saturated rings. The summed E-state index contributed by atoms with van der Waals surface area (Å²) in [4.78, 5) is 2.52. The zero-order chi connectivity index (χ0) is 13.5. The van der Waals surface area contributed by atoms with Gasteiger partial charge in [0.2, 0.25) is 0 Å². The van der Waals surface area contributed by atoms with E-state index in [1.165, 1.54) is 21.7 Å². The average Bonchev–Trinajstić information content (AvgIpc) is 2.87. The fourth-order valence-corrected chi connectivity index (χ4v) is 2.90. The lowest BCUT2D eigenvalue weighted by atomic mass is 10.2. The molecule has 0 aliphatic rings. The van der Waals surface area contributed by atoms with Crippen molar-refractivity contribution in [2.45, 2.75) is 13.3 Å². The molecule has 0 radical (unpaired) electrons. The number of thiophene rings is 1. The maximum absolute atomic E-state index is 6.02. The van der Waals surface area contributed by atoms with E-state index in [4.69, 9.17) is 11.6 Å². The van der Waals surface area contributed by atoms with Crippen molar-refractivity contribution < 1.29 is 0 Å². The summed E-state index contributed by atoms with van der Waals surface area (Å²) in [5.41, 5.74) is 1.18. The van der Waals surface area contributed by atoms with Gasteiger partial charge in [-0.15, -0.1) is 11.3 Å². The molecular formula is C16H18ClNS. The van der Waals surface area contributed by atoms with Crippen LogP contribution in [0.4, 0.5) is 0 Å². The van der Waals surface area contributed by atoms with Gasteiger partial charge < -0.3 is 5.32 Å². The Morgan fingerprint density at radius 3 is 2.95 bits per heavy atom. The highest BCUT2D eigenvalue weighted by atomic mass is 35.5. The molecule has 0 unspecified atom stereocenters. The SMILES string of the molecule is CCCNCC=Cc1ccc(-c2cccc(Cl)c2)s1. The predicted molar refractivity (Wildman–Crippen MR) is 87.0 cm³/mol. The van der Waals surface area contributed by atoms with Crippen LogP contribution < -0.4 is 5.32 Å². The van der Waals surface area contributed by atoms with Crippen molar-refractivity contribution in [2.75, 3.05) is 13.1 Å². The highest BCUT2D eigenvalue weighted by Gasteiger charge is 2.01. The Bertz CT molecular complexity index is 545. The van der Waals surface area contributed by atoms with Crippen molar-refractivity contribution in [1.82, 2.24) is 5.32 Å². The lowest BCUT2D eigenvalue weighted by Crippen LogP contribution is -2.13. The first-order chi connectivity index (χ1) is 9.29. The molecule has 0 saturated carbocycles. The standard InChI is InChI=1S/C16H18ClNS/c1-2-10-18-11-4-7-15-8-9-16(19-15)13-5-3-6-14(17)12-13/h3-9,12,18H,2,10-11H2,1H3. The molecule has 0 spiro atoms. The molecule has 3 heteroatoms. The van der Waals surface area contributed by atoms with E-state index in [-0.39, 0.29) is 0 Å². The fraction of sp³-hybridized carbons (Fsp3) is 0.250. The van der Waals surface area contributed by atoms with Gasteiger partial charge >= 0.3 is 0 Å². The van der Waals surface area contributed by atoms with Gasteiger partial charge in [-0.05, 0) is 48.9 Å². The molecule has 0 aliphatic carbocycles. The maximum atomic E-state index is 6.02. The van der Waals surface area contributed by atoms with Gasteiger partial charge in [0.15, 0.2) is 0 Å². The Kier molecular flexibility index (Phi) is 5.64. The van der Waals surface area contributed by atoms with Gasteiger partial charge in [-0.25, -0.2) is 0 Å². The van der Waals surface area contributed by atoms with Crippen LogP contribution in [0.1, 0.15) is 18.2 Å². The van der Waals surface area contributed by atoms with Gasteiger partial charge in [-0.2, -0.15) is 0 Å². The second-order valence-corrected chi connectivity index (χ2v) is 5.87. The van der Waals surface area contributed by atoms with Crippen molar-refractivity contribution in [3.8, 4) is 10.4 Å². The van der Waals surface area contributed by atoms with Crippen LogP contribution in [0.25, 0.3) is 16.5 Å². The second-order valence-electron chi connectivity index (χ2n) is 4.32. The van der Waals surface area contributed by atoms with E-state index in [0.717, 1.165) is 18.1 Å². The topological polar surface area (TPSA) is 12.0 Å². The largest absolute Gasteiger partial charge is 0.313 e. The van der Waals surface area contributed by atoms with Gasteiger partial charge in [0, 0.05) is 21.3 Å². The summed E-state index contributed by atoms with van der Waals surface area (Å²) in [6.07, 6.45) is 5.51. The van der Waals surface area contributed by atoms with Gasteiger partial charge in [0.1, 0.15) is 0 Å². The van der Waals surface area contributed by atoms with Gasteiger partial charge in [-0.1, -0.05) is 36.7 Å². The van der Waals surface area contributed by atoms with Crippen LogP contribution in [0.3, 0.4) is 0 Å². The highest BCUT2D eigenvalue weighted by Crippen LogP contribution is 2.30.